The van der Waals surface area contributed by atoms with Crippen molar-refractivity contribution in [2.75, 3.05) is 18.0 Å². The third-order valence-corrected chi connectivity index (χ3v) is 6.13. The van der Waals surface area contributed by atoms with Crippen molar-refractivity contribution in [1.29, 1.82) is 0 Å². The van der Waals surface area contributed by atoms with Gasteiger partial charge in [-0.05, 0) is 18.2 Å². The first-order valence-corrected chi connectivity index (χ1v) is 10.5. The topological polar surface area (TPSA) is 55.3 Å². The molecule has 8 heteroatoms. The summed E-state index contributed by atoms with van der Waals surface area (Å²) in [6.45, 7) is 1.56. The van der Waals surface area contributed by atoms with E-state index in [1.54, 1.807) is 18.5 Å². The zero-order valence-corrected chi connectivity index (χ0v) is 17.2. The summed E-state index contributed by atoms with van der Waals surface area (Å²) >= 11 is 13.4. The lowest BCUT2D eigenvalue weighted by Crippen LogP contribution is -2.38. The SMILES string of the molecule is O=C(OC1CCN(c2ccc(Cl)cn2)CC1)c1cnc(-c2ccccc2Cl)s1. The second-order valence-electron chi connectivity index (χ2n) is 6.44. The fourth-order valence-electron chi connectivity index (χ4n) is 3.09. The number of piperidine rings is 1. The molecule has 1 aliphatic heterocycles. The predicted octanol–water partition coefficient (Wildman–Crippen LogP) is 5.34. The van der Waals surface area contributed by atoms with E-state index >= 15 is 0 Å². The van der Waals surface area contributed by atoms with Gasteiger partial charge in [-0.2, -0.15) is 0 Å². The van der Waals surface area contributed by atoms with Crippen molar-refractivity contribution >= 4 is 46.3 Å². The molecule has 1 saturated heterocycles. The number of pyridine rings is 1. The molecular weight excluding hydrogens is 417 g/mol. The second kappa shape index (κ2) is 8.47. The van der Waals surface area contributed by atoms with Crippen LogP contribution in [0, 0.1) is 0 Å². The summed E-state index contributed by atoms with van der Waals surface area (Å²) in [6, 6.07) is 11.2. The quantitative estimate of drug-likeness (QED) is 0.519. The molecule has 0 radical (unpaired) electrons. The number of halogens is 2. The Balaban J connectivity index is 1.35. The van der Waals surface area contributed by atoms with Gasteiger partial charge >= 0.3 is 5.97 Å². The molecule has 0 amide bonds. The molecule has 0 unspecified atom stereocenters. The summed E-state index contributed by atoms with van der Waals surface area (Å²) < 4.78 is 5.69. The van der Waals surface area contributed by atoms with Crippen LogP contribution in [0.1, 0.15) is 22.5 Å². The Morgan fingerprint density at radius 3 is 2.57 bits per heavy atom. The Labute approximate surface area is 176 Å². The fourth-order valence-corrected chi connectivity index (χ4v) is 4.33. The predicted molar refractivity (Wildman–Crippen MR) is 112 cm³/mol. The lowest BCUT2D eigenvalue weighted by atomic mass is 10.1. The minimum Gasteiger partial charge on any atom is -0.458 e. The van der Waals surface area contributed by atoms with E-state index in [2.05, 4.69) is 14.9 Å². The van der Waals surface area contributed by atoms with Gasteiger partial charge in [0.1, 0.15) is 21.8 Å². The maximum Gasteiger partial charge on any atom is 0.350 e. The Kier molecular flexibility index (Phi) is 5.80. The number of anilines is 1. The highest BCUT2D eigenvalue weighted by Crippen LogP contribution is 2.31. The number of esters is 1. The van der Waals surface area contributed by atoms with Crippen LogP contribution in [0.2, 0.25) is 10.0 Å². The van der Waals surface area contributed by atoms with Gasteiger partial charge in [0.2, 0.25) is 0 Å². The van der Waals surface area contributed by atoms with Crippen LogP contribution in [-0.2, 0) is 4.74 Å². The lowest BCUT2D eigenvalue weighted by molar-refractivity contribution is 0.0250. The van der Waals surface area contributed by atoms with E-state index in [0.717, 1.165) is 37.3 Å². The van der Waals surface area contributed by atoms with Gasteiger partial charge in [0.05, 0.1) is 16.2 Å². The van der Waals surface area contributed by atoms with Crippen LogP contribution >= 0.6 is 34.5 Å². The molecule has 3 heterocycles. The second-order valence-corrected chi connectivity index (χ2v) is 8.31. The van der Waals surface area contributed by atoms with E-state index in [4.69, 9.17) is 27.9 Å². The molecule has 0 N–H and O–H groups in total. The average molecular weight is 434 g/mol. The molecule has 0 atom stereocenters. The molecule has 28 heavy (non-hydrogen) atoms. The summed E-state index contributed by atoms with van der Waals surface area (Å²) in [5, 5.41) is 1.94. The number of aromatic nitrogens is 2. The highest BCUT2D eigenvalue weighted by atomic mass is 35.5. The van der Waals surface area contributed by atoms with Crippen molar-refractivity contribution < 1.29 is 9.53 Å². The maximum atomic E-state index is 12.5. The standard InChI is InChI=1S/C20H17Cl2N3O2S/c21-13-5-6-18(23-11-13)25-9-7-14(8-10-25)27-20(26)17-12-24-19(28-17)15-3-1-2-4-16(15)22/h1-6,11-12,14H,7-10H2. The van der Waals surface area contributed by atoms with Crippen LogP contribution in [0.3, 0.4) is 0 Å². The minimum atomic E-state index is -0.334. The van der Waals surface area contributed by atoms with Gasteiger partial charge in [-0.1, -0.05) is 41.4 Å². The number of benzene rings is 1. The Morgan fingerprint density at radius 1 is 1.07 bits per heavy atom. The third-order valence-electron chi connectivity index (χ3n) is 4.56. The third kappa shape index (κ3) is 4.29. The Morgan fingerprint density at radius 2 is 1.86 bits per heavy atom. The van der Waals surface area contributed by atoms with Crippen molar-refractivity contribution in [3.8, 4) is 10.6 Å². The molecule has 5 nitrogen and oxygen atoms in total. The van der Waals surface area contributed by atoms with Gasteiger partial charge < -0.3 is 9.64 Å². The van der Waals surface area contributed by atoms with Crippen LogP contribution in [0.25, 0.3) is 10.6 Å². The average Bonchev–Trinajstić information content (AvgIpc) is 3.20. The summed E-state index contributed by atoms with van der Waals surface area (Å²) in [7, 11) is 0. The van der Waals surface area contributed by atoms with Gasteiger partial charge in [0, 0.05) is 37.7 Å². The fraction of sp³-hybridized carbons (Fsp3) is 0.250. The molecule has 0 bridgehead atoms. The molecule has 0 aliphatic carbocycles. The number of hydrogen-bond acceptors (Lipinski definition) is 6. The number of rotatable bonds is 4. The Bertz CT molecular complexity index is 970. The molecule has 1 aliphatic rings. The number of carbonyl (C=O) groups is 1. The molecule has 1 aromatic carbocycles. The van der Waals surface area contributed by atoms with Crippen LogP contribution in [0.5, 0.6) is 0 Å². The molecular formula is C20H17Cl2N3O2S. The van der Waals surface area contributed by atoms with E-state index in [0.29, 0.717) is 19.9 Å². The van der Waals surface area contributed by atoms with Crippen LogP contribution < -0.4 is 4.90 Å². The monoisotopic (exact) mass is 433 g/mol. The number of nitrogens with zero attached hydrogens (tertiary/aromatic N) is 3. The van der Waals surface area contributed by atoms with Gasteiger partial charge in [0.25, 0.3) is 0 Å². The molecule has 3 aromatic rings. The molecule has 144 valence electrons. The zero-order chi connectivity index (χ0) is 19.5. The van der Waals surface area contributed by atoms with E-state index < -0.39 is 0 Å². The van der Waals surface area contributed by atoms with E-state index in [1.807, 2.05) is 30.3 Å². The van der Waals surface area contributed by atoms with Crippen molar-refractivity contribution in [2.24, 2.45) is 0 Å². The van der Waals surface area contributed by atoms with Gasteiger partial charge in [-0.25, -0.2) is 14.8 Å². The summed E-state index contributed by atoms with van der Waals surface area (Å²) in [5.74, 6) is 0.555. The van der Waals surface area contributed by atoms with Crippen LogP contribution in [0.4, 0.5) is 5.82 Å². The Hall–Kier alpha value is -2.15. The normalized spacial score (nSPS) is 14.9. The molecule has 1 fully saturated rings. The largest absolute Gasteiger partial charge is 0.458 e. The van der Waals surface area contributed by atoms with Crippen LogP contribution in [0.15, 0.2) is 48.8 Å². The van der Waals surface area contributed by atoms with E-state index in [1.165, 1.54) is 11.3 Å². The summed E-state index contributed by atoms with van der Waals surface area (Å²) in [6.07, 6.45) is 4.60. The minimum absolute atomic E-state index is 0.109. The van der Waals surface area contributed by atoms with Gasteiger partial charge in [-0.3, -0.25) is 0 Å². The van der Waals surface area contributed by atoms with E-state index in [-0.39, 0.29) is 12.1 Å². The molecule has 0 spiro atoms. The zero-order valence-electron chi connectivity index (χ0n) is 14.8. The highest BCUT2D eigenvalue weighted by Gasteiger charge is 2.24. The number of carbonyl (C=O) groups excluding carboxylic acids is 1. The number of ether oxygens (including phenoxy) is 1. The van der Waals surface area contributed by atoms with Crippen molar-refractivity contribution in [1.82, 2.24) is 9.97 Å². The lowest BCUT2D eigenvalue weighted by Gasteiger charge is -2.32. The maximum absolute atomic E-state index is 12.5. The number of hydrogen-bond donors (Lipinski definition) is 0. The first-order chi connectivity index (χ1) is 13.6. The molecule has 2 aromatic heterocycles. The van der Waals surface area contributed by atoms with Crippen molar-refractivity contribution in [2.45, 2.75) is 18.9 Å². The molecule has 4 rings (SSSR count). The highest BCUT2D eigenvalue weighted by molar-refractivity contribution is 7.16. The first kappa shape index (κ1) is 19.2. The van der Waals surface area contributed by atoms with Gasteiger partial charge in [0.15, 0.2) is 0 Å². The van der Waals surface area contributed by atoms with Gasteiger partial charge in [-0.15, -0.1) is 11.3 Å². The summed E-state index contributed by atoms with van der Waals surface area (Å²) in [5.41, 5.74) is 0.817. The van der Waals surface area contributed by atoms with Crippen LogP contribution in [-0.4, -0.2) is 35.1 Å². The smallest absolute Gasteiger partial charge is 0.350 e. The van der Waals surface area contributed by atoms with Crippen molar-refractivity contribution in [3.63, 3.8) is 0 Å². The molecule has 0 saturated carbocycles. The van der Waals surface area contributed by atoms with E-state index in [9.17, 15) is 4.79 Å². The summed E-state index contributed by atoms with van der Waals surface area (Å²) in [4.78, 5) is 23.8. The van der Waals surface area contributed by atoms with Crippen molar-refractivity contribution in [3.05, 3.63) is 63.7 Å². The first-order valence-electron chi connectivity index (χ1n) is 8.88. The number of thiazole rings is 1.